The molecule has 0 aliphatic heterocycles. The number of rotatable bonds is 7. The van der Waals surface area contributed by atoms with Crippen molar-refractivity contribution >= 4 is 26.7 Å². The monoisotopic (exact) mass is 439 g/mol. The van der Waals surface area contributed by atoms with Gasteiger partial charge in [0.05, 0.1) is 23.4 Å². The minimum Gasteiger partial charge on any atom is -0.494 e. The summed E-state index contributed by atoms with van der Waals surface area (Å²) in [5.41, 5.74) is 1.15. The lowest BCUT2D eigenvalue weighted by Crippen LogP contribution is -2.26. The Morgan fingerprint density at radius 2 is 1.68 bits per heavy atom. The molecule has 9 nitrogen and oxygen atoms in total. The van der Waals surface area contributed by atoms with Crippen LogP contribution in [0, 0.1) is 0 Å². The summed E-state index contributed by atoms with van der Waals surface area (Å²) in [6.07, 6.45) is 3.04. The van der Waals surface area contributed by atoms with E-state index in [0.29, 0.717) is 40.7 Å². The Bertz CT molecular complexity index is 1300. The van der Waals surface area contributed by atoms with Gasteiger partial charge in [0, 0.05) is 14.1 Å². The van der Waals surface area contributed by atoms with Crippen molar-refractivity contribution in [2.45, 2.75) is 11.8 Å². The van der Waals surface area contributed by atoms with Gasteiger partial charge in [-0.3, -0.25) is 8.99 Å². The second-order valence-electron chi connectivity index (χ2n) is 6.66. The maximum atomic E-state index is 13.0. The molecular weight excluding hydrogens is 418 g/mol. The van der Waals surface area contributed by atoms with E-state index in [1.807, 2.05) is 6.92 Å². The zero-order valence-electron chi connectivity index (χ0n) is 17.3. The van der Waals surface area contributed by atoms with Crippen LogP contribution in [0.1, 0.15) is 6.92 Å². The molecule has 0 unspecified atom stereocenters. The van der Waals surface area contributed by atoms with Crippen molar-refractivity contribution in [1.82, 2.24) is 19.7 Å². The largest absolute Gasteiger partial charge is 0.494 e. The van der Waals surface area contributed by atoms with Crippen LogP contribution in [-0.2, 0) is 17.1 Å². The van der Waals surface area contributed by atoms with Crippen molar-refractivity contribution < 1.29 is 17.9 Å². The molecule has 0 bridgehead atoms. The average molecular weight is 439 g/mol. The SMILES string of the molecule is CCOc1ccc(S(=O)(=O)N(C)c2ccc(Oc3ncnc4c3cnn4C)cc2)cc1. The minimum absolute atomic E-state index is 0.179. The van der Waals surface area contributed by atoms with E-state index in [0.717, 1.165) is 0 Å². The van der Waals surface area contributed by atoms with Gasteiger partial charge in [-0.25, -0.2) is 18.4 Å². The summed E-state index contributed by atoms with van der Waals surface area (Å²) >= 11 is 0. The predicted octanol–water partition coefficient (Wildman–Crippen LogP) is 3.38. The number of aryl methyl sites for hydroxylation is 1. The summed E-state index contributed by atoms with van der Waals surface area (Å²) in [6.45, 7) is 2.39. The second kappa shape index (κ2) is 8.23. The molecule has 2 heterocycles. The maximum Gasteiger partial charge on any atom is 0.264 e. The van der Waals surface area contributed by atoms with Crippen LogP contribution in [0.2, 0.25) is 0 Å². The molecule has 10 heteroatoms. The number of sulfonamides is 1. The molecule has 0 saturated carbocycles. The summed E-state index contributed by atoms with van der Waals surface area (Å²) < 4.78 is 40.0. The number of fused-ring (bicyclic) bond motifs is 1. The van der Waals surface area contributed by atoms with Gasteiger partial charge < -0.3 is 9.47 Å². The summed E-state index contributed by atoms with van der Waals surface area (Å²) in [5, 5.41) is 4.84. The zero-order valence-corrected chi connectivity index (χ0v) is 18.1. The third kappa shape index (κ3) is 4.02. The van der Waals surface area contributed by atoms with E-state index in [-0.39, 0.29) is 4.90 Å². The second-order valence-corrected chi connectivity index (χ2v) is 8.63. The lowest BCUT2D eigenvalue weighted by atomic mass is 10.3. The van der Waals surface area contributed by atoms with Crippen molar-refractivity contribution in [3.63, 3.8) is 0 Å². The van der Waals surface area contributed by atoms with Crippen LogP contribution in [0.3, 0.4) is 0 Å². The fourth-order valence-electron chi connectivity index (χ4n) is 3.03. The van der Waals surface area contributed by atoms with Gasteiger partial charge in [-0.15, -0.1) is 0 Å². The van der Waals surface area contributed by atoms with Crippen molar-refractivity contribution in [2.24, 2.45) is 7.05 Å². The topological polar surface area (TPSA) is 99.4 Å². The van der Waals surface area contributed by atoms with Gasteiger partial charge in [0.2, 0.25) is 5.88 Å². The molecule has 4 rings (SSSR count). The van der Waals surface area contributed by atoms with Crippen LogP contribution in [0.15, 0.2) is 66.0 Å². The van der Waals surface area contributed by atoms with E-state index in [1.165, 1.54) is 29.8 Å². The number of anilines is 1. The molecule has 31 heavy (non-hydrogen) atoms. The van der Waals surface area contributed by atoms with E-state index < -0.39 is 10.0 Å². The first-order valence-corrected chi connectivity index (χ1v) is 11.0. The smallest absolute Gasteiger partial charge is 0.264 e. The first kappa shape index (κ1) is 20.6. The van der Waals surface area contributed by atoms with Crippen LogP contribution >= 0.6 is 0 Å². The Labute approximate surface area is 179 Å². The number of hydrogen-bond acceptors (Lipinski definition) is 7. The fourth-order valence-corrected chi connectivity index (χ4v) is 4.22. The van der Waals surface area contributed by atoms with Gasteiger partial charge in [0.1, 0.15) is 23.2 Å². The number of ether oxygens (including phenoxy) is 2. The van der Waals surface area contributed by atoms with Crippen molar-refractivity contribution in [3.05, 3.63) is 61.1 Å². The van der Waals surface area contributed by atoms with E-state index >= 15 is 0 Å². The summed E-state index contributed by atoms with van der Waals surface area (Å²) in [7, 11) is -0.425. The summed E-state index contributed by atoms with van der Waals surface area (Å²) in [5.74, 6) is 1.51. The summed E-state index contributed by atoms with van der Waals surface area (Å²) in [4.78, 5) is 8.53. The van der Waals surface area contributed by atoms with Gasteiger partial charge in [0.25, 0.3) is 10.0 Å². The molecule has 4 aromatic rings. The average Bonchev–Trinajstić information content (AvgIpc) is 3.16. The van der Waals surface area contributed by atoms with Crippen LogP contribution in [-0.4, -0.2) is 41.8 Å². The Morgan fingerprint density at radius 1 is 1.00 bits per heavy atom. The number of nitrogens with zero attached hydrogens (tertiary/aromatic N) is 5. The first-order valence-electron chi connectivity index (χ1n) is 9.52. The molecule has 160 valence electrons. The molecule has 0 saturated heterocycles. The van der Waals surface area contributed by atoms with Crippen LogP contribution in [0.25, 0.3) is 11.0 Å². The van der Waals surface area contributed by atoms with E-state index in [9.17, 15) is 8.42 Å². The van der Waals surface area contributed by atoms with Gasteiger partial charge >= 0.3 is 0 Å². The Hall–Kier alpha value is -3.66. The highest BCUT2D eigenvalue weighted by Crippen LogP contribution is 2.29. The van der Waals surface area contributed by atoms with Crippen molar-refractivity contribution in [2.75, 3.05) is 18.0 Å². The normalized spacial score (nSPS) is 11.5. The number of aromatic nitrogens is 4. The number of benzene rings is 2. The van der Waals surface area contributed by atoms with Gasteiger partial charge in [0.15, 0.2) is 5.65 Å². The Kier molecular flexibility index (Phi) is 5.47. The standard InChI is InChI=1S/C21H21N5O4S/c1-4-29-16-9-11-18(12-10-16)31(27,28)26(3)15-5-7-17(8-6-15)30-21-19-13-24-25(2)20(19)22-14-23-21/h5-14H,4H2,1-3H3. The van der Waals surface area contributed by atoms with Gasteiger partial charge in [-0.05, 0) is 55.5 Å². The molecule has 2 aromatic carbocycles. The molecule has 0 N–H and O–H groups in total. The van der Waals surface area contributed by atoms with E-state index in [1.54, 1.807) is 54.3 Å². The molecule has 2 aromatic heterocycles. The van der Waals surface area contributed by atoms with Gasteiger partial charge in [-0.1, -0.05) is 0 Å². The van der Waals surface area contributed by atoms with Gasteiger partial charge in [-0.2, -0.15) is 5.10 Å². The maximum absolute atomic E-state index is 13.0. The van der Waals surface area contributed by atoms with E-state index in [2.05, 4.69) is 15.1 Å². The lowest BCUT2D eigenvalue weighted by Gasteiger charge is -2.20. The van der Waals surface area contributed by atoms with Crippen LogP contribution < -0.4 is 13.8 Å². The first-order chi connectivity index (χ1) is 14.9. The Balaban J connectivity index is 1.54. The van der Waals surface area contributed by atoms with Crippen LogP contribution in [0.5, 0.6) is 17.4 Å². The third-order valence-electron chi connectivity index (χ3n) is 4.70. The molecule has 0 spiro atoms. The van der Waals surface area contributed by atoms with Crippen molar-refractivity contribution in [1.29, 1.82) is 0 Å². The minimum atomic E-state index is -3.72. The quantitative estimate of drug-likeness (QED) is 0.435. The molecular formula is C21H21N5O4S. The molecule has 0 radical (unpaired) electrons. The van der Waals surface area contributed by atoms with E-state index in [4.69, 9.17) is 9.47 Å². The highest BCUT2D eigenvalue weighted by Gasteiger charge is 2.21. The molecule has 0 aliphatic carbocycles. The molecule has 0 aliphatic rings. The van der Waals surface area contributed by atoms with Crippen LogP contribution in [0.4, 0.5) is 5.69 Å². The zero-order chi connectivity index (χ0) is 22.0. The Morgan fingerprint density at radius 3 is 2.35 bits per heavy atom. The third-order valence-corrected chi connectivity index (χ3v) is 6.50. The van der Waals surface area contributed by atoms with Crippen molar-refractivity contribution in [3.8, 4) is 17.4 Å². The fraction of sp³-hybridized carbons (Fsp3) is 0.190. The highest BCUT2D eigenvalue weighted by atomic mass is 32.2. The lowest BCUT2D eigenvalue weighted by molar-refractivity contribution is 0.340. The predicted molar refractivity (Wildman–Crippen MR) is 116 cm³/mol. The molecule has 0 atom stereocenters. The molecule has 0 fully saturated rings. The number of hydrogen-bond donors (Lipinski definition) is 0. The highest BCUT2D eigenvalue weighted by molar-refractivity contribution is 7.92. The summed E-state index contributed by atoms with van der Waals surface area (Å²) in [6, 6.07) is 13.1. The molecule has 0 amide bonds.